The van der Waals surface area contributed by atoms with Gasteiger partial charge in [-0.25, -0.2) is 0 Å². The summed E-state index contributed by atoms with van der Waals surface area (Å²) >= 11 is 0. The average molecular weight is 197 g/mol. The van der Waals surface area contributed by atoms with Gasteiger partial charge in [-0.2, -0.15) is 0 Å². The van der Waals surface area contributed by atoms with Gasteiger partial charge in [0.15, 0.2) is 0 Å². The number of hydrogen-bond donors (Lipinski definition) is 0. The molecule has 0 aromatic carbocycles. The van der Waals surface area contributed by atoms with Gasteiger partial charge in [0.1, 0.15) is 0 Å². The van der Waals surface area contributed by atoms with Crippen molar-refractivity contribution in [3.63, 3.8) is 0 Å². The Balaban J connectivity index is 2.45. The highest BCUT2D eigenvalue weighted by Gasteiger charge is 2.21. The Bertz CT molecular complexity index is 191. The molecule has 14 heavy (non-hydrogen) atoms. The van der Waals surface area contributed by atoms with E-state index in [1.54, 1.807) is 6.92 Å². The molecule has 0 aromatic heterocycles. The number of carbonyl (C=O) groups is 1. The molecule has 2 heteroatoms. The molecular formula is C12H23NO. The predicted molar refractivity (Wildman–Crippen MR) is 59.1 cm³/mol. The van der Waals surface area contributed by atoms with Crippen molar-refractivity contribution < 1.29 is 4.79 Å². The highest BCUT2D eigenvalue weighted by molar-refractivity contribution is 5.73. The minimum absolute atomic E-state index is 0.213. The van der Waals surface area contributed by atoms with E-state index < -0.39 is 0 Å². The lowest BCUT2D eigenvalue weighted by Gasteiger charge is -2.26. The topological polar surface area (TPSA) is 20.3 Å². The summed E-state index contributed by atoms with van der Waals surface area (Å²) in [6, 6.07) is 0.504. The number of rotatable bonds is 2. The van der Waals surface area contributed by atoms with E-state index in [-0.39, 0.29) is 5.91 Å². The third-order valence-corrected chi connectivity index (χ3v) is 3.68. The first-order valence-corrected chi connectivity index (χ1v) is 5.88. The van der Waals surface area contributed by atoms with Crippen LogP contribution in [0.5, 0.6) is 0 Å². The number of carbonyl (C=O) groups excluding carboxylic acids is 1. The largest absolute Gasteiger partial charge is 0.343 e. The quantitative estimate of drug-likeness (QED) is 0.623. The minimum atomic E-state index is 0.213. The van der Waals surface area contributed by atoms with Crippen LogP contribution < -0.4 is 0 Å². The molecule has 1 rings (SSSR count). The van der Waals surface area contributed by atoms with Crippen molar-refractivity contribution in [2.24, 2.45) is 5.92 Å². The zero-order valence-electron chi connectivity index (χ0n) is 9.75. The molecule has 1 aliphatic rings. The first kappa shape index (κ1) is 11.5. The lowest BCUT2D eigenvalue weighted by atomic mass is 9.97. The van der Waals surface area contributed by atoms with Crippen LogP contribution in [-0.2, 0) is 4.79 Å². The second-order valence-corrected chi connectivity index (χ2v) is 4.57. The van der Waals surface area contributed by atoms with Crippen LogP contribution in [-0.4, -0.2) is 23.9 Å². The van der Waals surface area contributed by atoms with E-state index in [1.165, 1.54) is 38.5 Å². The molecule has 0 heterocycles. The predicted octanol–water partition coefficient (Wildman–Crippen LogP) is 2.82. The first-order chi connectivity index (χ1) is 6.65. The van der Waals surface area contributed by atoms with Crippen molar-refractivity contribution in [2.45, 2.75) is 58.4 Å². The monoisotopic (exact) mass is 197 g/mol. The molecule has 2 nitrogen and oxygen atoms in total. The fraction of sp³-hybridized carbons (Fsp3) is 0.917. The second-order valence-electron chi connectivity index (χ2n) is 4.57. The molecular weight excluding hydrogens is 174 g/mol. The summed E-state index contributed by atoms with van der Waals surface area (Å²) in [4.78, 5) is 13.2. The Labute approximate surface area is 87.7 Å². The standard InChI is InChI=1S/C12H23NO/c1-4-11-6-5-7-12(9-8-11)13(3)10(2)14/h11-12H,4-9H2,1-3H3. The van der Waals surface area contributed by atoms with Crippen LogP contribution >= 0.6 is 0 Å². The van der Waals surface area contributed by atoms with E-state index in [9.17, 15) is 4.79 Å². The summed E-state index contributed by atoms with van der Waals surface area (Å²) < 4.78 is 0. The molecule has 0 saturated heterocycles. The van der Waals surface area contributed by atoms with E-state index in [2.05, 4.69) is 6.92 Å². The van der Waals surface area contributed by atoms with Crippen LogP contribution in [0.3, 0.4) is 0 Å². The van der Waals surface area contributed by atoms with Crippen molar-refractivity contribution in [3.8, 4) is 0 Å². The third-order valence-electron chi connectivity index (χ3n) is 3.68. The molecule has 0 bridgehead atoms. The van der Waals surface area contributed by atoms with Gasteiger partial charge in [-0.1, -0.05) is 26.2 Å². The minimum Gasteiger partial charge on any atom is -0.343 e. The lowest BCUT2D eigenvalue weighted by Crippen LogP contribution is -2.35. The molecule has 0 spiro atoms. The number of hydrogen-bond acceptors (Lipinski definition) is 1. The Kier molecular flexibility index (Phi) is 4.43. The number of amides is 1. The zero-order chi connectivity index (χ0) is 10.6. The molecule has 1 amide bonds. The highest BCUT2D eigenvalue weighted by atomic mass is 16.2. The molecule has 1 fully saturated rings. The molecule has 0 radical (unpaired) electrons. The third kappa shape index (κ3) is 3.00. The molecule has 0 aromatic rings. The lowest BCUT2D eigenvalue weighted by molar-refractivity contribution is -0.129. The van der Waals surface area contributed by atoms with Gasteiger partial charge in [-0.3, -0.25) is 4.79 Å². The Morgan fingerprint density at radius 2 is 2.00 bits per heavy atom. The van der Waals surface area contributed by atoms with E-state index >= 15 is 0 Å². The van der Waals surface area contributed by atoms with Crippen LogP contribution in [0, 0.1) is 5.92 Å². The van der Waals surface area contributed by atoms with Crippen LogP contribution in [0.25, 0.3) is 0 Å². The van der Waals surface area contributed by atoms with Gasteiger partial charge in [0.2, 0.25) is 5.91 Å². The SMILES string of the molecule is CCC1CCCC(N(C)C(C)=O)CC1. The van der Waals surface area contributed by atoms with Gasteiger partial charge in [0.05, 0.1) is 0 Å². The molecule has 0 aliphatic heterocycles. The van der Waals surface area contributed by atoms with E-state index in [0.29, 0.717) is 6.04 Å². The first-order valence-electron chi connectivity index (χ1n) is 5.88. The highest BCUT2D eigenvalue weighted by Crippen LogP contribution is 2.27. The molecule has 1 saturated carbocycles. The van der Waals surface area contributed by atoms with Gasteiger partial charge in [0.25, 0.3) is 0 Å². The second kappa shape index (κ2) is 5.38. The average Bonchev–Trinajstić information content (AvgIpc) is 2.41. The summed E-state index contributed by atoms with van der Waals surface area (Å²) in [6.07, 6.45) is 7.66. The van der Waals surface area contributed by atoms with E-state index in [1.807, 2.05) is 11.9 Å². The normalized spacial score (nSPS) is 28.2. The fourth-order valence-electron chi connectivity index (χ4n) is 2.41. The molecule has 2 atom stereocenters. The van der Waals surface area contributed by atoms with Crippen LogP contribution in [0.4, 0.5) is 0 Å². The van der Waals surface area contributed by atoms with Crippen molar-refractivity contribution in [3.05, 3.63) is 0 Å². The van der Waals surface area contributed by atoms with E-state index in [4.69, 9.17) is 0 Å². The zero-order valence-corrected chi connectivity index (χ0v) is 9.75. The van der Waals surface area contributed by atoms with Crippen molar-refractivity contribution in [1.82, 2.24) is 4.90 Å². The number of nitrogens with zero attached hydrogens (tertiary/aromatic N) is 1. The van der Waals surface area contributed by atoms with Gasteiger partial charge in [-0.15, -0.1) is 0 Å². The Morgan fingerprint density at radius 1 is 1.29 bits per heavy atom. The maximum absolute atomic E-state index is 11.2. The molecule has 2 unspecified atom stereocenters. The fourth-order valence-corrected chi connectivity index (χ4v) is 2.41. The van der Waals surface area contributed by atoms with Crippen molar-refractivity contribution in [1.29, 1.82) is 0 Å². The molecule has 82 valence electrons. The van der Waals surface area contributed by atoms with Gasteiger partial charge in [-0.05, 0) is 25.2 Å². The summed E-state index contributed by atoms with van der Waals surface area (Å²) in [5.41, 5.74) is 0. The van der Waals surface area contributed by atoms with Gasteiger partial charge in [0, 0.05) is 20.0 Å². The molecule has 0 N–H and O–H groups in total. The van der Waals surface area contributed by atoms with Crippen LogP contribution in [0.2, 0.25) is 0 Å². The Morgan fingerprint density at radius 3 is 2.57 bits per heavy atom. The maximum atomic E-state index is 11.2. The molecule has 1 aliphatic carbocycles. The van der Waals surface area contributed by atoms with E-state index in [0.717, 1.165) is 5.92 Å². The summed E-state index contributed by atoms with van der Waals surface area (Å²) in [5.74, 6) is 1.12. The van der Waals surface area contributed by atoms with Crippen LogP contribution in [0.1, 0.15) is 52.4 Å². The Hall–Kier alpha value is -0.530. The summed E-state index contributed by atoms with van der Waals surface area (Å²) in [5, 5.41) is 0. The van der Waals surface area contributed by atoms with Crippen molar-refractivity contribution >= 4 is 5.91 Å². The van der Waals surface area contributed by atoms with Crippen molar-refractivity contribution in [2.75, 3.05) is 7.05 Å². The maximum Gasteiger partial charge on any atom is 0.219 e. The summed E-state index contributed by atoms with van der Waals surface area (Å²) in [7, 11) is 1.94. The van der Waals surface area contributed by atoms with Gasteiger partial charge >= 0.3 is 0 Å². The smallest absolute Gasteiger partial charge is 0.219 e. The summed E-state index contributed by atoms with van der Waals surface area (Å²) in [6.45, 7) is 3.95. The van der Waals surface area contributed by atoms with Crippen LogP contribution in [0.15, 0.2) is 0 Å². The van der Waals surface area contributed by atoms with Gasteiger partial charge < -0.3 is 4.90 Å².